The second-order valence-electron chi connectivity index (χ2n) is 2.57. The van der Waals surface area contributed by atoms with Gasteiger partial charge in [0.1, 0.15) is 6.61 Å². The van der Waals surface area contributed by atoms with E-state index in [4.69, 9.17) is 4.74 Å². The summed E-state index contributed by atoms with van der Waals surface area (Å²) < 4.78 is 4.78. The number of ether oxygens (including phenoxy) is 1. The first-order chi connectivity index (χ1) is 5.86. The molecule has 12 heavy (non-hydrogen) atoms. The highest BCUT2D eigenvalue weighted by molar-refractivity contribution is 5.95. The van der Waals surface area contributed by atoms with Gasteiger partial charge in [0.15, 0.2) is 0 Å². The first kappa shape index (κ1) is 7.10. The van der Waals surface area contributed by atoms with Crippen molar-refractivity contribution in [3.8, 4) is 0 Å². The van der Waals surface area contributed by atoms with Gasteiger partial charge in [0, 0.05) is 11.6 Å². The van der Waals surface area contributed by atoms with E-state index in [-0.39, 0.29) is 5.97 Å². The van der Waals surface area contributed by atoms with Crippen molar-refractivity contribution < 1.29 is 9.53 Å². The van der Waals surface area contributed by atoms with Crippen LogP contribution in [0.4, 0.5) is 0 Å². The number of hydrogen-bond acceptors (Lipinski definition) is 2. The van der Waals surface area contributed by atoms with Crippen LogP contribution in [0, 0.1) is 6.07 Å². The van der Waals surface area contributed by atoms with Gasteiger partial charge in [-0.05, 0) is 11.6 Å². The summed E-state index contributed by atoms with van der Waals surface area (Å²) >= 11 is 0. The topological polar surface area (TPSA) is 26.3 Å². The standard InChI is InChI=1S/C10H7O2/c11-10-6-9(7-12-10)8-4-2-1-3-5-8/h2-6H,7H2. The van der Waals surface area contributed by atoms with Crippen molar-refractivity contribution in [2.75, 3.05) is 6.61 Å². The van der Waals surface area contributed by atoms with E-state index in [2.05, 4.69) is 6.07 Å². The Hall–Kier alpha value is -1.57. The lowest BCUT2D eigenvalue weighted by molar-refractivity contribution is -0.134. The molecule has 0 aliphatic carbocycles. The quantitative estimate of drug-likeness (QED) is 0.579. The Morgan fingerprint density at radius 2 is 2.08 bits per heavy atom. The molecule has 1 aliphatic rings. The molecule has 1 aromatic rings. The summed E-state index contributed by atoms with van der Waals surface area (Å²) in [6.07, 6.45) is 1.52. The van der Waals surface area contributed by atoms with Gasteiger partial charge in [-0.1, -0.05) is 24.3 Å². The van der Waals surface area contributed by atoms with E-state index in [0.29, 0.717) is 6.61 Å². The lowest BCUT2D eigenvalue weighted by Gasteiger charge is -1.97. The SMILES string of the molecule is O=C1C=C(c2cc[c]cc2)CO1. The summed E-state index contributed by atoms with van der Waals surface area (Å²) in [7, 11) is 0. The van der Waals surface area contributed by atoms with Gasteiger partial charge < -0.3 is 4.74 Å². The van der Waals surface area contributed by atoms with Gasteiger partial charge in [0.25, 0.3) is 0 Å². The summed E-state index contributed by atoms with van der Waals surface area (Å²) in [4.78, 5) is 10.7. The second kappa shape index (κ2) is 2.81. The zero-order valence-electron chi connectivity index (χ0n) is 6.41. The van der Waals surface area contributed by atoms with Crippen molar-refractivity contribution in [1.82, 2.24) is 0 Å². The van der Waals surface area contributed by atoms with E-state index in [0.717, 1.165) is 11.1 Å². The van der Waals surface area contributed by atoms with Crippen LogP contribution in [0.1, 0.15) is 5.56 Å². The van der Waals surface area contributed by atoms with Gasteiger partial charge in [-0.15, -0.1) is 0 Å². The van der Waals surface area contributed by atoms with Gasteiger partial charge in [0.2, 0.25) is 0 Å². The normalized spacial score (nSPS) is 15.7. The molecule has 1 aromatic carbocycles. The highest BCUT2D eigenvalue weighted by Gasteiger charge is 2.13. The Labute approximate surface area is 70.5 Å². The molecule has 0 saturated carbocycles. The van der Waals surface area contributed by atoms with Crippen LogP contribution in [0.25, 0.3) is 5.57 Å². The molecule has 2 rings (SSSR count). The third kappa shape index (κ3) is 1.23. The van der Waals surface area contributed by atoms with Crippen LogP contribution in [0.15, 0.2) is 30.3 Å². The molecule has 2 heteroatoms. The molecule has 0 amide bonds. The first-order valence-electron chi connectivity index (χ1n) is 3.70. The monoisotopic (exact) mass is 159 g/mol. The minimum Gasteiger partial charge on any atom is -0.458 e. The van der Waals surface area contributed by atoms with E-state index in [1.165, 1.54) is 6.08 Å². The fourth-order valence-corrected chi connectivity index (χ4v) is 1.14. The number of cyclic esters (lactones) is 1. The number of benzene rings is 1. The molecule has 1 radical (unpaired) electrons. The lowest BCUT2D eigenvalue weighted by atomic mass is 10.1. The molecule has 0 atom stereocenters. The van der Waals surface area contributed by atoms with Gasteiger partial charge in [-0.25, -0.2) is 4.79 Å². The highest BCUT2D eigenvalue weighted by Crippen LogP contribution is 2.18. The molecule has 59 valence electrons. The fraction of sp³-hybridized carbons (Fsp3) is 0.100. The lowest BCUT2D eigenvalue weighted by Crippen LogP contribution is -1.91. The summed E-state index contributed by atoms with van der Waals surface area (Å²) in [5, 5.41) is 0. The van der Waals surface area contributed by atoms with E-state index < -0.39 is 0 Å². The van der Waals surface area contributed by atoms with Crippen LogP contribution < -0.4 is 0 Å². The molecule has 0 N–H and O–H groups in total. The zero-order valence-corrected chi connectivity index (χ0v) is 6.41. The second-order valence-corrected chi connectivity index (χ2v) is 2.57. The van der Waals surface area contributed by atoms with Gasteiger partial charge >= 0.3 is 5.97 Å². The predicted molar refractivity (Wildman–Crippen MR) is 44.2 cm³/mol. The molecular weight excluding hydrogens is 152 g/mol. The molecule has 1 heterocycles. The zero-order chi connectivity index (χ0) is 8.39. The molecule has 0 spiro atoms. The fourth-order valence-electron chi connectivity index (χ4n) is 1.14. The van der Waals surface area contributed by atoms with E-state index in [9.17, 15) is 4.79 Å². The Morgan fingerprint density at radius 3 is 2.67 bits per heavy atom. The van der Waals surface area contributed by atoms with Crippen molar-refractivity contribution in [3.05, 3.63) is 42.0 Å². The van der Waals surface area contributed by atoms with Gasteiger partial charge in [-0.3, -0.25) is 0 Å². The Kier molecular flexibility index (Phi) is 1.67. The van der Waals surface area contributed by atoms with Crippen molar-refractivity contribution >= 4 is 11.5 Å². The average Bonchev–Trinajstić information content (AvgIpc) is 2.54. The molecule has 0 aromatic heterocycles. The third-order valence-electron chi connectivity index (χ3n) is 1.75. The highest BCUT2D eigenvalue weighted by atomic mass is 16.5. The third-order valence-corrected chi connectivity index (χ3v) is 1.75. The Morgan fingerprint density at radius 1 is 1.33 bits per heavy atom. The predicted octanol–water partition coefficient (Wildman–Crippen LogP) is 1.43. The van der Waals surface area contributed by atoms with Crippen LogP contribution in [-0.2, 0) is 9.53 Å². The molecule has 0 unspecified atom stereocenters. The molecule has 0 fully saturated rings. The van der Waals surface area contributed by atoms with Crippen molar-refractivity contribution in [3.63, 3.8) is 0 Å². The van der Waals surface area contributed by atoms with E-state index in [1.807, 2.05) is 24.3 Å². The average molecular weight is 159 g/mol. The number of esters is 1. The summed E-state index contributed by atoms with van der Waals surface area (Å²) in [5.41, 5.74) is 1.97. The minimum atomic E-state index is -0.252. The molecule has 0 bridgehead atoms. The number of carbonyl (C=O) groups is 1. The van der Waals surface area contributed by atoms with Crippen molar-refractivity contribution in [1.29, 1.82) is 0 Å². The summed E-state index contributed by atoms with van der Waals surface area (Å²) in [6.45, 7) is 0.392. The van der Waals surface area contributed by atoms with Crippen LogP contribution in [-0.4, -0.2) is 12.6 Å². The van der Waals surface area contributed by atoms with Gasteiger partial charge in [-0.2, -0.15) is 0 Å². The molecule has 1 aliphatic heterocycles. The van der Waals surface area contributed by atoms with Gasteiger partial charge in [0.05, 0.1) is 0 Å². The molecular formula is C10H7O2. The largest absolute Gasteiger partial charge is 0.458 e. The maximum Gasteiger partial charge on any atom is 0.331 e. The van der Waals surface area contributed by atoms with Crippen molar-refractivity contribution in [2.45, 2.75) is 0 Å². The first-order valence-corrected chi connectivity index (χ1v) is 3.70. The van der Waals surface area contributed by atoms with Crippen LogP contribution in [0.5, 0.6) is 0 Å². The van der Waals surface area contributed by atoms with E-state index in [1.54, 1.807) is 0 Å². The Bertz CT molecular complexity index is 325. The molecule has 0 saturated heterocycles. The van der Waals surface area contributed by atoms with E-state index >= 15 is 0 Å². The smallest absolute Gasteiger partial charge is 0.331 e. The van der Waals surface area contributed by atoms with Crippen LogP contribution in [0.3, 0.4) is 0 Å². The molecule has 2 nitrogen and oxygen atoms in total. The summed E-state index contributed by atoms with van der Waals surface area (Å²) in [5.74, 6) is -0.252. The Balaban J connectivity index is 2.33. The maximum absolute atomic E-state index is 10.7. The number of hydrogen-bond donors (Lipinski definition) is 0. The van der Waals surface area contributed by atoms with Crippen LogP contribution in [0.2, 0.25) is 0 Å². The maximum atomic E-state index is 10.7. The van der Waals surface area contributed by atoms with Crippen LogP contribution >= 0.6 is 0 Å². The minimum absolute atomic E-state index is 0.252. The summed E-state index contributed by atoms with van der Waals surface area (Å²) in [6, 6.07) is 10.4. The van der Waals surface area contributed by atoms with Crippen molar-refractivity contribution in [2.24, 2.45) is 0 Å². The number of rotatable bonds is 1. The number of carbonyl (C=O) groups excluding carboxylic acids is 1.